The number of aryl methyl sites for hydroxylation is 1. The molecule has 3 nitrogen and oxygen atoms in total. The maximum Gasteiger partial charge on any atom is 0.222 e. The predicted octanol–water partition coefficient (Wildman–Crippen LogP) is 6.24. The molecule has 3 aromatic carbocycles. The van der Waals surface area contributed by atoms with Crippen LogP contribution in [0.4, 0.5) is 8.78 Å². The molecular formula is C22H16ClF2NO2. The molecule has 0 aliphatic carbocycles. The molecule has 1 unspecified atom stereocenters. The van der Waals surface area contributed by atoms with Crippen LogP contribution >= 0.6 is 11.6 Å². The Morgan fingerprint density at radius 2 is 1.68 bits per heavy atom. The molecule has 0 amide bonds. The van der Waals surface area contributed by atoms with Crippen LogP contribution in [0.1, 0.15) is 22.7 Å². The van der Waals surface area contributed by atoms with Crippen molar-refractivity contribution in [2.75, 3.05) is 6.61 Å². The minimum atomic E-state index is -0.692. The molecule has 3 aromatic rings. The zero-order valence-corrected chi connectivity index (χ0v) is 15.7. The lowest BCUT2D eigenvalue weighted by Gasteiger charge is -2.12. The van der Waals surface area contributed by atoms with Gasteiger partial charge in [-0.25, -0.2) is 13.8 Å². The Morgan fingerprint density at radius 3 is 2.36 bits per heavy atom. The van der Waals surface area contributed by atoms with Crippen LogP contribution in [-0.4, -0.2) is 12.5 Å². The molecule has 1 aliphatic rings. The first-order chi connectivity index (χ1) is 13.5. The smallest absolute Gasteiger partial charge is 0.222 e. The second-order valence-electron chi connectivity index (χ2n) is 6.43. The Hall–Kier alpha value is -2.92. The van der Waals surface area contributed by atoms with E-state index in [-0.39, 0.29) is 24.1 Å². The van der Waals surface area contributed by atoms with Gasteiger partial charge in [-0.2, -0.15) is 0 Å². The first-order valence-electron chi connectivity index (χ1n) is 8.70. The number of hydrogen-bond acceptors (Lipinski definition) is 3. The summed E-state index contributed by atoms with van der Waals surface area (Å²) in [6.07, 6.45) is 0. The summed E-state index contributed by atoms with van der Waals surface area (Å²) < 4.78 is 39.3. The Labute approximate surface area is 166 Å². The highest BCUT2D eigenvalue weighted by Gasteiger charge is 2.27. The lowest BCUT2D eigenvalue weighted by atomic mass is 10.0. The van der Waals surface area contributed by atoms with Gasteiger partial charge in [0.05, 0.1) is 0 Å². The molecule has 0 fully saturated rings. The third-order valence-electron chi connectivity index (χ3n) is 4.48. The molecule has 28 heavy (non-hydrogen) atoms. The van der Waals surface area contributed by atoms with E-state index < -0.39 is 11.6 Å². The van der Waals surface area contributed by atoms with Crippen LogP contribution < -0.4 is 4.74 Å². The van der Waals surface area contributed by atoms with Crippen LogP contribution in [0.15, 0.2) is 65.7 Å². The normalized spacial score (nSPS) is 15.9. The van der Waals surface area contributed by atoms with Crippen LogP contribution in [0.25, 0.3) is 0 Å². The number of rotatable bonds is 4. The molecule has 0 bridgehead atoms. The molecule has 0 radical (unpaired) electrons. The minimum absolute atomic E-state index is 0.0125. The molecule has 0 spiro atoms. The third-order valence-corrected chi connectivity index (χ3v) is 4.73. The largest absolute Gasteiger partial charge is 0.475 e. The molecule has 0 saturated carbocycles. The van der Waals surface area contributed by atoms with Crippen LogP contribution in [0.3, 0.4) is 0 Å². The van der Waals surface area contributed by atoms with Crippen molar-refractivity contribution in [2.24, 2.45) is 4.99 Å². The standard InChI is InChI=1S/C22H16ClF2NO2/c1-13-11-16(28-15-7-5-14(23)6-8-15)9-10-17(13)20-12-27-22(26-20)21-18(24)3-2-4-19(21)25/h2-11,20H,12H2,1H3. The number of benzene rings is 3. The summed E-state index contributed by atoms with van der Waals surface area (Å²) in [7, 11) is 0. The number of hydrogen-bond donors (Lipinski definition) is 0. The summed E-state index contributed by atoms with van der Waals surface area (Å²) in [6, 6.07) is 16.0. The Balaban J connectivity index is 1.57. The zero-order valence-electron chi connectivity index (χ0n) is 15.0. The van der Waals surface area contributed by atoms with E-state index >= 15 is 0 Å². The van der Waals surface area contributed by atoms with E-state index in [0.29, 0.717) is 16.5 Å². The molecular weight excluding hydrogens is 384 g/mol. The van der Waals surface area contributed by atoms with Gasteiger partial charge in [0.15, 0.2) is 0 Å². The zero-order chi connectivity index (χ0) is 19.7. The van der Waals surface area contributed by atoms with Gasteiger partial charge in [0.2, 0.25) is 5.90 Å². The summed E-state index contributed by atoms with van der Waals surface area (Å²) in [6.45, 7) is 2.16. The van der Waals surface area contributed by atoms with Gasteiger partial charge in [0.25, 0.3) is 0 Å². The molecule has 4 rings (SSSR count). The minimum Gasteiger partial charge on any atom is -0.475 e. The Kier molecular flexibility index (Phi) is 5.01. The van der Waals surface area contributed by atoms with Gasteiger partial charge in [0, 0.05) is 5.02 Å². The van der Waals surface area contributed by atoms with Crippen molar-refractivity contribution in [3.05, 3.63) is 94.0 Å². The lowest BCUT2D eigenvalue weighted by molar-refractivity contribution is 0.317. The first kappa shape index (κ1) is 18.4. The van der Waals surface area contributed by atoms with Crippen molar-refractivity contribution >= 4 is 17.5 Å². The van der Waals surface area contributed by atoms with Crippen LogP contribution in [0, 0.1) is 18.6 Å². The topological polar surface area (TPSA) is 30.8 Å². The first-order valence-corrected chi connectivity index (χ1v) is 9.08. The number of nitrogens with zero attached hydrogens (tertiary/aromatic N) is 1. The van der Waals surface area contributed by atoms with Crippen molar-refractivity contribution in [1.82, 2.24) is 0 Å². The quantitative estimate of drug-likeness (QED) is 0.520. The van der Waals surface area contributed by atoms with Crippen LogP contribution in [-0.2, 0) is 4.74 Å². The summed E-state index contributed by atoms with van der Waals surface area (Å²) in [5, 5.41) is 0.639. The van der Waals surface area contributed by atoms with E-state index in [9.17, 15) is 8.78 Å². The van der Waals surface area contributed by atoms with Crippen molar-refractivity contribution in [3.8, 4) is 11.5 Å². The van der Waals surface area contributed by atoms with E-state index in [1.165, 1.54) is 18.2 Å². The van der Waals surface area contributed by atoms with Gasteiger partial charge in [-0.05, 0) is 66.6 Å². The van der Waals surface area contributed by atoms with Crippen molar-refractivity contribution in [3.63, 3.8) is 0 Å². The second kappa shape index (κ2) is 7.60. The molecule has 1 atom stereocenters. The van der Waals surface area contributed by atoms with Crippen molar-refractivity contribution in [2.45, 2.75) is 13.0 Å². The number of ether oxygens (including phenoxy) is 2. The summed E-state index contributed by atoms with van der Waals surface area (Å²) in [5.41, 5.74) is 1.62. The monoisotopic (exact) mass is 399 g/mol. The van der Waals surface area contributed by atoms with Crippen LogP contribution in [0.2, 0.25) is 5.02 Å². The molecule has 0 aromatic heterocycles. The summed E-state index contributed by atoms with van der Waals surface area (Å²) in [5.74, 6) is -0.0462. The van der Waals surface area contributed by atoms with Gasteiger partial charge in [-0.1, -0.05) is 23.7 Å². The highest BCUT2D eigenvalue weighted by atomic mass is 35.5. The fraction of sp³-hybridized carbons (Fsp3) is 0.136. The van der Waals surface area contributed by atoms with E-state index in [2.05, 4.69) is 4.99 Å². The molecule has 6 heteroatoms. The Morgan fingerprint density at radius 1 is 1.00 bits per heavy atom. The average Bonchev–Trinajstić information content (AvgIpc) is 3.13. The van der Waals surface area contributed by atoms with E-state index in [4.69, 9.17) is 21.1 Å². The Bertz CT molecular complexity index is 1030. The molecule has 1 aliphatic heterocycles. The predicted molar refractivity (Wildman–Crippen MR) is 104 cm³/mol. The van der Waals surface area contributed by atoms with E-state index in [0.717, 1.165) is 11.1 Å². The van der Waals surface area contributed by atoms with Gasteiger partial charge in [-0.15, -0.1) is 0 Å². The summed E-state index contributed by atoms with van der Waals surface area (Å²) >= 11 is 5.88. The molecule has 142 valence electrons. The summed E-state index contributed by atoms with van der Waals surface area (Å²) in [4.78, 5) is 4.39. The van der Waals surface area contributed by atoms with Gasteiger partial charge in [-0.3, -0.25) is 0 Å². The third kappa shape index (κ3) is 3.71. The van der Waals surface area contributed by atoms with Gasteiger partial charge in [0.1, 0.15) is 41.3 Å². The molecule has 1 heterocycles. The van der Waals surface area contributed by atoms with E-state index in [1.807, 2.05) is 25.1 Å². The van der Waals surface area contributed by atoms with Crippen molar-refractivity contribution in [1.29, 1.82) is 0 Å². The molecule has 0 N–H and O–H groups in total. The van der Waals surface area contributed by atoms with Crippen LogP contribution in [0.5, 0.6) is 11.5 Å². The highest BCUT2D eigenvalue weighted by molar-refractivity contribution is 6.30. The fourth-order valence-corrected chi connectivity index (χ4v) is 3.22. The highest BCUT2D eigenvalue weighted by Crippen LogP contribution is 2.32. The van der Waals surface area contributed by atoms with Gasteiger partial charge < -0.3 is 9.47 Å². The maximum atomic E-state index is 14.0. The SMILES string of the molecule is Cc1cc(Oc2ccc(Cl)cc2)ccc1C1COC(c2c(F)cccc2F)=N1. The number of aliphatic imine (C=N–C) groups is 1. The average molecular weight is 400 g/mol. The maximum absolute atomic E-state index is 14.0. The lowest BCUT2D eigenvalue weighted by Crippen LogP contribution is -2.07. The second-order valence-corrected chi connectivity index (χ2v) is 6.87. The van der Waals surface area contributed by atoms with Crippen molar-refractivity contribution < 1.29 is 18.3 Å². The number of halogens is 3. The molecule has 0 saturated heterocycles. The van der Waals surface area contributed by atoms with E-state index in [1.54, 1.807) is 24.3 Å². The van der Waals surface area contributed by atoms with Gasteiger partial charge >= 0.3 is 0 Å². The fourth-order valence-electron chi connectivity index (χ4n) is 3.10.